The molecule has 1 aromatic rings. The average molecular weight is 370 g/mol. The van der Waals surface area contributed by atoms with Crippen LogP contribution < -0.4 is 0 Å². The standard InChI is InChI=1S/C21H30N4O2/c1-23-14-18(13-22-23)21(27)24-11-10-19-17(15-24)7-8-20(26)25(19)12-9-16-5-3-2-4-6-16/h5,13-14,17,19H,2-4,6-12,15H2,1H3/t17-,19+/m1/s1. The molecule has 146 valence electrons. The number of aryl methyl sites for hydroxylation is 1. The Labute approximate surface area is 161 Å². The van der Waals surface area contributed by atoms with Crippen LogP contribution in [0.25, 0.3) is 0 Å². The Kier molecular flexibility index (Phi) is 5.32. The molecule has 0 spiro atoms. The molecule has 2 saturated heterocycles. The van der Waals surface area contributed by atoms with Crippen molar-refractivity contribution in [3.05, 3.63) is 29.6 Å². The number of likely N-dealkylation sites (tertiary alicyclic amines) is 2. The molecule has 0 saturated carbocycles. The highest BCUT2D eigenvalue weighted by atomic mass is 16.2. The molecule has 27 heavy (non-hydrogen) atoms. The number of piperidine rings is 2. The highest BCUT2D eigenvalue weighted by molar-refractivity contribution is 5.93. The second-order valence-electron chi connectivity index (χ2n) is 8.25. The summed E-state index contributed by atoms with van der Waals surface area (Å²) < 4.78 is 1.67. The van der Waals surface area contributed by atoms with Gasteiger partial charge in [0.1, 0.15) is 0 Å². The molecule has 4 rings (SSSR count). The van der Waals surface area contributed by atoms with Crippen molar-refractivity contribution in [2.75, 3.05) is 19.6 Å². The zero-order chi connectivity index (χ0) is 18.8. The number of carbonyl (C=O) groups is 2. The highest BCUT2D eigenvalue weighted by Crippen LogP contribution is 2.33. The molecular formula is C21H30N4O2. The van der Waals surface area contributed by atoms with E-state index in [0.29, 0.717) is 29.9 Å². The summed E-state index contributed by atoms with van der Waals surface area (Å²) in [7, 11) is 1.83. The van der Waals surface area contributed by atoms with E-state index in [2.05, 4.69) is 16.1 Å². The Balaban J connectivity index is 1.39. The van der Waals surface area contributed by atoms with Crippen LogP contribution in [-0.2, 0) is 11.8 Å². The molecule has 0 unspecified atom stereocenters. The second kappa shape index (κ2) is 7.87. The number of carbonyl (C=O) groups excluding carboxylic acids is 2. The molecule has 6 heteroatoms. The molecule has 0 aromatic carbocycles. The van der Waals surface area contributed by atoms with Crippen molar-refractivity contribution in [3.63, 3.8) is 0 Å². The van der Waals surface area contributed by atoms with Gasteiger partial charge in [-0.3, -0.25) is 14.3 Å². The fraction of sp³-hybridized carbons (Fsp3) is 0.667. The quantitative estimate of drug-likeness (QED) is 0.766. The zero-order valence-electron chi connectivity index (χ0n) is 16.3. The van der Waals surface area contributed by atoms with Crippen LogP contribution >= 0.6 is 0 Å². The predicted molar refractivity (Wildman–Crippen MR) is 103 cm³/mol. The highest BCUT2D eigenvalue weighted by Gasteiger charge is 2.40. The molecule has 6 nitrogen and oxygen atoms in total. The second-order valence-corrected chi connectivity index (χ2v) is 8.25. The first-order valence-electron chi connectivity index (χ1n) is 10.4. The lowest BCUT2D eigenvalue weighted by atomic mass is 9.83. The van der Waals surface area contributed by atoms with Gasteiger partial charge in [0.05, 0.1) is 11.8 Å². The van der Waals surface area contributed by atoms with Gasteiger partial charge in [-0.15, -0.1) is 0 Å². The number of hydrogen-bond donors (Lipinski definition) is 0. The Hall–Kier alpha value is -2.11. The van der Waals surface area contributed by atoms with Gasteiger partial charge in [0.15, 0.2) is 0 Å². The van der Waals surface area contributed by atoms with Gasteiger partial charge in [-0.05, 0) is 50.9 Å². The van der Waals surface area contributed by atoms with Gasteiger partial charge in [-0.25, -0.2) is 0 Å². The molecule has 2 atom stereocenters. The molecule has 3 heterocycles. The minimum atomic E-state index is 0.0670. The van der Waals surface area contributed by atoms with Crippen LogP contribution in [0, 0.1) is 5.92 Å². The van der Waals surface area contributed by atoms with Crippen molar-refractivity contribution in [1.82, 2.24) is 19.6 Å². The third kappa shape index (κ3) is 3.94. The predicted octanol–water partition coefficient (Wildman–Crippen LogP) is 2.76. The molecule has 2 aliphatic heterocycles. The van der Waals surface area contributed by atoms with Gasteiger partial charge >= 0.3 is 0 Å². The molecule has 0 bridgehead atoms. The van der Waals surface area contributed by atoms with Crippen molar-refractivity contribution < 1.29 is 9.59 Å². The van der Waals surface area contributed by atoms with E-state index in [1.165, 1.54) is 31.3 Å². The van der Waals surface area contributed by atoms with Crippen LogP contribution in [-0.4, -0.2) is 57.1 Å². The minimum absolute atomic E-state index is 0.0670. The lowest BCUT2D eigenvalue weighted by Crippen LogP contribution is -2.57. The number of aromatic nitrogens is 2. The maximum Gasteiger partial charge on any atom is 0.257 e. The molecule has 1 aromatic heterocycles. The summed E-state index contributed by atoms with van der Waals surface area (Å²) in [5.41, 5.74) is 2.18. The maximum atomic E-state index is 12.8. The van der Waals surface area contributed by atoms with Crippen molar-refractivity contribution >= 4 is 11.8 Å². The number of allylic oxidation sites excluding steroid dienone is 1. The van der Waals surface area contributed by atoms with E-state index in [1.54, 1.807) is 17.1 Å². The van der Waals surface area contributed by atoms with E-state index < -0.39 is 0 Å². The number of fused-ring (bicyclic) bond motifs is 1. The third-order valence-corrected chi connectivity index (χ3v) is 6.44. The van der Waals surface area contributed by atoms with E-state index >= 15 is 0 Å². The normalized spacial score (nSPS) is 26.0. The molecule has 0 N–H and O–H groups in total. The Morgan fingerprint density at radius 1 is 1.26 bits per heavy atom. The third-order valence-electron chi connectivity index (χ3n) is 6.44. The molecule has 3 aliphatic rings. The van der Waals surface area contributed by atoms with E-state index in [4.69, 9.17) is 0 Å². The molecule has 0 radical (unpaired) electrons. The van der Waals surface area contributed by atoms with E-state index in [1.807, 2.05) is 11.9 Å². The topological polar surface area (TPSA) is 58.4 Å². The van der Waals surface area contributed by atoms with Crippen molar-refractivity contribution in [2.24, 2.45) is 13.0 Å². The van der Waals surface area contributed by atoms with Crippen molar-refractivity contribution in [1.29, 1.82) is 0 Å². The average Bonchev–Trinajstić information content (AvgIpc) is 3.13. The van der Waals surface area contributed by atoms with Crippen LogP contribution in [0.4, 0.5) is 0 Å². The molecular weight excluding hydrogens is 340 g/mol. The lowest BCUT2D eigenvalue weighted by molar-refractivity contribution is -0.140. The van der Waals surface area contributed by atoms with E-state index in [-0.39, 0.29) is 5.91 Å². The Morgan fingerprint density at radius 3 is 2.89 bits per heavy atom. The Bertz CT molecular complexity index is 738. The van der Waals surface area contributed by atoms with E-state index in [9.17, 15) is 9.59 Å². The van der Waals surface area contributed by atoms with Gasteiger partial charge in [-0.1, -0.05) is 11.6 Å². The first-order chi connectivity index (χ1) is 13.1. The molecule has 1 aliphatic carbocycles. The summed E-state index contributed by atoms with van der Waals surface area (Å²) in [4.78, 5) is 29.4. The summed E-state index contributed by atoms with van der Waals surface area (Å²) in [6.45, 7) is 2.33. The largest absolute Gasteiger partial charge is 0.339 e. The van der Waals surface area contributed by atoms with Gasteiger partial charge < -0.3 is 9.80 Å². The number of hydrogen-bond acceptors (Lipinski definition) is 3. The molecule has 2 amide bonds. The number of nitrogens with zero attached hydrogens (tertiary/aromatic N) is 4. The first-order valence-corrected chi connectivity index (χ1v) is 10.4. The number of rotatable bonds is 4. The van der Waals surface area contributed by atoms with Crippen LogP contribution in [0.1, 0.15) is 61.7 Å². The summed E-state index contributed by atoms with van der Waals surface area (Å²) in [6, 6.07) is 0.299. The fourth-order valence-electron chi connectivity index (χ4n) is 4.94. The monoisotopic (exact) mass is 370 g/mol. The van der Waals surface area contributed by atoms with Crippen LogP contribution in [0.5, 0.6) is 0 Å². The van der Waals surface area contributed by atoms with Crippen molar-refractivity contribution in [2.45, 2.75) is 57.4 Å². The lowest BCUT2D eigenvalue weighted by Gasteiger charge is -2.47. The summed E-state index contributed by atoms with van der Waals surface area (Å²) in [6.07, 6.45) is 14.2. The minimum Gasteiger partial charge on any atom is -0.339 e. The van der Waals surface area contributed by atoms with Gasteiger partial charge in [-0.2, -0.15) is 5.10 Å². The van der Waals surface area contributed by atoms with Gasteiger partial charge in [0, 0.05) is 45.3 Å². The van der Waals surface area contributed by atoms with Crippen LogP contribution in [0.15, 0.2) is 24.0 Å². The summed E-state index contributed by atoms with van der Waals surface area (Å²) >= 11 is 0. The van der Waals surface area contributed by atoms with Gasteiger partial charge in [0.25, 0.3) is 5.91 Å². The van der Waals surface area contributed by atoms with Gasteiger partial charge in [0.2, 0.25) is 5.91 Å². The first kappa shape index (κ1) is 18.3. The zero-order valence-corrected chi connectivity index (χ0v) is 16.3. The van der Waals surface area contributed by atoms with Crippen molar-refractivity contribution in [3.8, 4) is 0 Å². The number of amides is 2. The molecule has 2 fully saturated rings. The Morgan fingerprint density at radius 2 is 2.15 bits per heavy atom. The fourth-order valence-corrected chi connectivity index (χ4v) is 4.94. The van der Waals surface area contributed by atoms with Crippen LogP contribution in [0.2, 0.25) is 0 Å². The summed E-state index contributed by atoms with van der Waals surface area (Å²) in [5, 5.41) is 4.12. The SMILES string of the molecule is Cn1cc(C(=O)N2CC[C@H]3[C@H](CCC(=O)N3CCC3=CCCCC3)C2)cn1. The summed E-state index contributed by atoms with van der Waals surface area (Å²) in [5.74, 6) is 0.773. The maximum absolute atomic E-state index is 12.8. The smallest absolute Gasteiger partial charge is 0.257 e. The van der Waals surface area contributed by atoms with Crippen LogP contribution in [0.3, 0.4) is 0 Å². The van der Waals surface area contributed by atoms with E-state index in [0.717, 1.165) is 38.9 Å².